The quantitative estimate of drug-likeness (QED) is 0.781. The first-order chi connectivity index (χ1) is 8.83. The molecule has 0 radical (unpaired) electrons. The molecule has 0 fully saturated rings. The predicted octanol–water partition coefficient (Wildman–Crippen LogP) is 3.83. The van der Waals surface area contributed by atoms with E-state index in [2.05, 4.69) is 5.32 Å². The van der Waals surface area contributed by atoms with E-state index >= 15 is 0 Å². The Hall–Kier alpha value is -1.17. The van der Waals surface area contributed by atoms with Crippen LogP contribution in [-0.2, 0) is 6.42 Å². The number of hydrogen-bond acceptors (Lipinski definition) is 1. The van der Waals surface area contributed by atoms with Crippen molar-refractivity contribution in [2.24, 2.45) is 0 Å². The summed E-state index contributed by atoms with van der Waals surface area (Å²) in [7, 11) is 0. The van der Waals surface area contributed by atoms with Crippen LogP contribution in [0.1, 0.15) is 25.3 Å². The lowest BCUT2D eigenvalue weighted by Crippen LogP contribution is -2.36. The predicted molar refractivity (Wildman–Crippen MR) is 62.8 cm³/mol. The Morgan fingerprint density at radius 3 is 2.21 bits per heavy atom. The standard InChI is InChI=1S/C13H16F5N/c1-2-6-19-9(8-13(16,17)18)7-10-11(14)4-3-5-12(10)15/h3-5,9,19H,2,6-8H2,1H3. The molecule has 0 spiro atoms. The van der Waals surface area contributed by atoms with E-state index in [0.717, 1.165) is 12.1 Å². The van der Waals surface area contributed by atoms with Crippen molar-refractivity contribution >= 4 is 0 Å². The second-order valence-corrected chi connectivity index (χ2v) is 4.37. The minimum absolute atomic E-state index is 0.305. The highest BCUT2D eigenvalue weighted by Crippen LogP contribution is 2.24. The molecular weight excluding hydrogens is 265 g/mol. The highest BCUT2D eigenvalue weighted by Gasteiger charge is 2.32. The molecule has 1 N–H and O–H groups in total. The van der Waals surface area contributed by atoms with Crippen molar-refractivity contribution in [2.75, 3.05) is 6.54 Å². The summed E-state index contributed by atoms with van der Waals surface area (Å²) >= 11 is 0. The molecule has 0 bridgehead atoms. The van der Waals surface area contributed by atoms with E-state index in [1.165, 1.54) is 6.07 Å². The van der Waals surface area contributed by atoms with Gasteiger partial charge in [-0.25, -0.2) is 8.78 Å². The second-order valence-electron chi connectivity index (χ2n) is 4.37. The first kappa shape index (κ1) is 15.9. The van der Waals surface area contributed by atoms with Crippen molar-refractivity contribution in [1.29, 1.82) is 0 Å². The lowest BCUT2D eigenvalue weighted by molar-refractivity contribution is -0.140. The van der Waals surface area contributed by atoms with Gasteiger partial charge in [0.05, 0.1) is 6.42 Å². The maximum atomic E-state index is 13.4. The number of halogens is 5. The van der Waals surface area contributed by atoms with E-state index < -0.39 is 30.3 Å². The molecule has 6 heteroatoms. The minimum Gasteiger partial charge on any atom is -0.313 e. The van der Waals surface area contributed by atoms with Crippen LogP contribution in [0.3, 0.4) is 0 Å². The van der Waals surface area contributed by atoms with E-state index in [4.69, 9.17) is 0 Å². The third-order valence-electron chi connectivity index (χ3n) is 2.67. The number of alkyl halides is 3. The van der Waals surface area contributed by atoms with Crippen LogP contribution in [0.2, 0.25) is 0 Å². The van der Waals surface area contributed by atoms with E-state index in [9.17, 15) is 22.0 Å². The van der Waals surface area contributed by atoms with E-state index in [0.29, 0.717) is 13.0 Å². The highest BCUT2D eigenvalue weighted by molar-refractivity contribution is 5.20. The summed E-state index contributed by atoms with van der Waals surface area (Å²) in [6.45, 7) is 2.18. The molecule has 0 aliphatic carbocycles. The second kappa shape index (κ2) is 6.84. The fourth-order valence-electron chi connectivity index (χ4n) is 1.82. The Balaban J connectivity index is 2.81. The Morgan fingerprint density at radius 2 is 1.74 bits per heavy atom. The van der Waals surface area contributed by atoms with Gasteiger partial charge in [-0.2, -0.15) is 13.2 Å². The van der Waals surface area contributed by atoms with Gasteiger partial charge >= 0.3 is 6.18 Å². The Labute approximate surface area is 108 Å². The van der Waals surface area contributed by atoms with Gasteiger partial charge in [0.25, 0.3) is 0 Å². The van der Waals surface area contributed by atoms with Gasteiger partial charge in [-0.15, -0.1) is 0 Å². The van der Waals surface area contributed by atoms with Crippen molar-refractivity contribution in [3.05, 3.63) is 35.4 Å². The number of nitrogens with one attached hydrogen (secondary N) is 1. The molecule has 1 nitrogen and oxygen atoms in total. The Morgan fingerprint density at radius 1 is 1.16 bits per heavy atom. The monoisotopic (exact) mass is 281 g/mol. The number of benzene rings is 1. The summed E-state index contributed by atoms with van der Waals surface area (Å²) in [5.74, 6) is -1.63. The first-order valence-corrected chi connectivity index (χ1v) is 6.06. The van der Waals surface area contributed by atoms with Crippen LogP contribution in [0.25, 0.3) is 0 Å². The summed E-state index contributed by atoms with van der Waals surface area (Å²) in [5, 5.41) is 2.68. The molecule has 0 heterocycles. The number of hydrogen-bond donors (Lipinski definition) is 1. The van der Waals surface area contributed by atoms with Crippen molar-refractivity contribution in [3.63, 3.8) is 0 Å². The first-order valence-electron chi connectivity index (χ1n) is 6.06. The van der Waals surface area contributed by atoms with Crippen molar-refractivity contribution in [2.45, 2.75) is 38.4 Å². The Bertz CT molecular complexity index is 382. The average molecular weight is 281 g/mol. The molecular formula is C13H16F5N. The van der Waals surface area contributed by atoms with Crippen LogP contribution in [0, 0.1) is 11.6 Å². The van der Waals surface area contributed by atoms with Gasteiger partial charge < -0.3 is 5.32 Å². The molecule has 1 rings (SSSR count). The third kappa shape index (κ3) is 5.55. The summed E-state index contributed by atoms with van der Waals surface area (Å²) in [6.07, 6.45) is -5.15. The molecule has 1 unspecified atom stereocenters. The average Bonchev–Trinajstić information content (AvgIpc) is 2.29. The fraction of sp³-hybridized carbons (Fsp3) is 0.538. The van der Waals surface area contributed by atoms with Gasteiger partial charge in [-0.05, 0) is 31.5 Å². The van der Waals surface area contributed by atoms with Crippen LogP contribution < -0.4 is 5.32 Å². The molecule has 19 heavy (non-hydrogen) atoms. The molecule has 1 aromatic carbocycles. The van der Waals surface area contributed by atoms with Crippen molar-refractivity contribution in [1.82, 2.24) is 5.32 Å². The van der Waals surface area contributed by atoms with Crippen molar-refractivity contribution in [3.8, 4) is 0 Å². The third-order valence-corrected chi connectivity index (χ3v) is 2.67. The molecule has 1 aromatic rings. The highest BCUT2D eigenvalue weighted by atomic mass is 19.4. The molecule has 0 saturated carbocycles. The smallest absolute Gasteiger partial charge is 0.313 e. The molecule has 0 amide bonds. The molecule has 0 aliphatic rings. The van der Waals surface area contributed by atoms with Crippen molar-refractivity contribution < 1.29 is 22.0 Å². The number of rotatable bonds is 6. The zero-order valence-corrected chi connectivity index (χ0v) is 10.5. The lowest BCUT2D eigenvalue weighted by atomic mass is 10.0. The molecule has 1 atom stereocenters. The normalized spacial score (nSPS) is 13.6. The zero-order valence-electron chi connectivity index (χ0n) is 10.5. The Kier molecular flexibility index (Phi) is 5.72. The molecule has 108 valence electrons. The van der Waals surface area contributed by atoms with Crippen LogP contribution >= 0.6 is 0 Å². The van der Waals surface area contributed by atoms with Gasteiger partial charge in [-0.3, -0.25) is 0 Å². The van der Waals surface area contributed by atoms with E-state index in [1.54, 1.807) is 6.92 Å². The maximum absolute atomic E-state index is 13.4. The molecule has 0 aromatic heterocycles. The van der Waals surface area contributed by atoms with Crippen LogP contribution in [0.15, 0.2) is 18.2 Å². The summed E-state index contributed by atoms with van der Waals surface area (Å²) in [5.41, 5.74) is -0.305. The molecule has 0 saturated heterocycles. The zero-order chi connectivity index (χ0) is 14.5. The van der Waals surface area contributed by atoms with Gasteiger partial charge in [0.1, 0.15) is 11.6 Å². The van der Waals surface area contributed by atoms with Gasteiger partial charge in [0.15, 0.2) is 0 Å². The lowest BCUT2D eigenvalue weighted by Gasteiger charge is -2.20. The van der Waals surface area contributed by atoms with Crippen LogP contribution in [0.5, 0.6) is 0 Å². The van der Waals surface area contributed by atoms with Gasteiger partial charge in [0, 0.05) is 11.6 Å². The van der Waals surface area contributed by atoms with Gasteiger partial charge in [0.2, 0.25) is 0 Å². The van der Waals surface area contributed by atoms with Gasteiger partial charge in [-0.1, -0.05) is 13.0 Å². The van der Waals surface area contributed by atoms with E-state index in [1.807, 2.05) is 0 Å². The summed E-state index contributed by atoms with van der Waals surface area (Å²) in [6, 6.07) is 2.25. The SMILES string of the molecule is CCCNC(Cc1c(F)cccc1F)CC(F)(F)F. The van der Waals surface area contributed by atoms with Crippen LogP contribution in [-0.4, -0.2) is 18.8 Å². The molecule has 0 aliphatic heterocycles. The largest absolute Gasteiger partial charge is 0.390 e. The topological polar surface area (TPSA) is 12.0 Å². The summed E-state index contributed by atoms with van der Waals surface area (Å²) in [4.78, 5) is 0. The maximum Gasteiger partial charge on any atom is 0.390 e. The summed E-state index contributed by atoms with van der Waals surface area (Å²) < 4.78 is 64.1. The van der Waals surface area contributed by atoms with E-state index in [-0.39, 0.29) is 12.0 Å². The minimum atomic E-state index is -4.37. The fourth-order valence-corrected chi connectivity index (χ4v) is 1.82. The van der Waals surface area contributed by atoms with Crippen LogP contribution in [0.4, 0.5) is 22.0 Å².